The molecule has 7 nitrogen and oxygen atoms in total. The summed E-state index contributed by atoms with van der Waals surface area (Å²) in [6, 6.07) is -0.348. The van der Waals surface area contributed by atoms with E-state index in [9.17, 15) is 14.4 Å². The van der Waals surface area contributed by atoms with Gasteiger partial charge in [0.2, 0.25) is 11.8 Å². The zero-order valence-corrected chi connectivity index (χ0v) is 16.5. The smallest absolute Gasteiger partial charge is 0.409 e. The molecule has 3 amide bonds. The van der Waals surface area contributed by atoms with Crippen molar-refractivity contribution in [2.75, 3.05) is 38.5 Å². The van der Waals surface area contributed by atoms with Crippen LogP contribution < -0.4 is 0 Å². The number of amides is 3. The molecule has 2 saturated heterocycles. The number of rotatable bonds is 5. The SMILES string of the molecule is CCCC1SCC(C(=O)N2CCN(C(=O)OCC)CC2)N1C(=O)C1CC1. The van der Waals surface area contributed by atoms with Crippen LogP contribution in [0.25, 0.3) is 0 Å². The van der Waals surface area contributed by atoms with E-state index in [1.165, 1.54) is 0 Å². The van der Waals surface area contributed by atoms with Crippen molar-refractivity contribution in [2.24, 2.45) is 5.92 Å². The van der Waals surface area contributed by atoms with E-state index < -0.39 is 0 Å². The molecule has 8 heteroatoms. The van der Waals surface area contributed by atoms with Gasteiger partial charge in [0.15, 0.2) is 0 Å². The molecular formula is C18H29N3O4S. The number of carbonyl (C=O) groups excluding carboxylic acids is 3. The summed E-state index contributed by atoms with van der Waals surface area (Å²) in [5, 5.41) is 0.128. The van der Waals surface area contributed by atoms with E-state index in [0.717, 1.165) is 25.7 Å². The van der Waals surface area contributed by atoms with Crippen LogP contribution in [0.3, 0.4) is 0 Å². The van der Waals surface area contributed by atoms with Crippen molar-refractivity contribution >= 4 is 29.7 Å². The van der Waals surface area contributed by atoms with E-state index in [4.69, 9.17) is 4.74 Å². The van der Waals surface area contributed by atoms with Crippen LogP contribution in [0.4, 0.5) is 4.79 Å². The highest BCUT2D eigenvalue weighted by atomic mass is 32.2. The lowest BCUT2D eigenvalue weighted by Crippen LogP contribution is -2.57. The molecular weight excluding hydrogens is 354 g/mol. The first-order valence-corrected chi connectivity index (χ1v) is 10.8. The maximum absolute atomic E-state index is 13.1. The highest BCUT2D eigenvalue weighted by molar-refractivity contribution is 8.00. The van der Waals surface area contributed by atoms with E-state index >= 15 is 0 Å². The Labute approximate surface area is 159 Å². The first kappa shape index (κ1) is 19.3. The van der Waals surface area contributed by atoms with Crippen LogP contribution in [-0.4, -0.2) is 82.6 Å². The lowest BCUT2D eigenvalue weighted by Gasteiger charge is -2.37. The summed E-state index contributed by atoms with van der Waals surface area (Å²) in [7, 11) is 0. The highest BCUT2D eigenvalue weighted by Crippen LogP contribution is 2.39. The molecule has 0 bridgehead atoms. The Morgan fingerprint density at radius 3 is 2.23 bits per heavy atom. The maximum Gasteiger partial charge on any atom is 0.409 e. The summed E-state index contributed by atoms with van der Waals surface area (Å²) in [6.45, 7) is 6.23. The van der Waals surface area contributed by atoms with Gasteiger partial charge in [0, 0.05) is 37.8 Å². The summed E-state index contributed by atoms with van der Waals surface area (Å²) in [4.78, 5) is 43.0. The normalized spacial score (nSPS) is 26.2. The molecule has 146 valence electrons. The quantitative estimate of drug-likeness (QED) is 0.724. The van der Waals surface area contributed by atoms with E-state index in [-0.39, 0.29) is 35.2 Å². The number of nitrogens with zero attached hydrogens (tertiary/aromatic N) is 3. The maximum atomic E-state index is 13.1. The van der Waals surface area contributed by atoms with Crippen LogP contribution in [0.2, 0.25) is 0 Å². The first-order chi connectivity index (χ1) is 12.6. The standard InChI is InChI=1S/C18H29N3O4S/c1-3-5-15-21(16(22)13-6-7-13)14(12-26-15)17(23)19-8-10-20(11-9-19)18(24)25-4-2/h13-15H,3-12H2,1-2H3. The minimum atomic E-state index is -0.348. The molecule has 0 aromatic carbocycles. The molecule has 2 heterocycles. The van der Waals surface area contributed by atoms with Gasteiger partial charge >= 0.3 is 6.09 Å². The Morgan fingerprint density at radius 2 is 1.65 bits per heavy atom. The summed E-state index contributed by atoms with van der Waals surface area (Å²) in [5.74, 6) is 1.01. The fourth-order valence-electron chi connectivity index (χ4n) is 3.59. The fourth-order valence-corrected chi connectivity index (χ4v) is 5.12. The first-order valence-electron chi connectivity index (χ1n) is 9.71. The molecule has 3 fully saturated rings. The third-order valence-electron chi connectivity index (χ3n) is 5.21. The molecule has 2 atom stereocenters. The summed E-state index contributed by atoms with van der Waals surface area (Å²) >= 11 is 1.73. The van der Waals surface area contributed by atoms with Crippen LogP contribution in [0, 0.1) is 5.92 Å². The van der Waals surface area contributed by atoms with E-state index in [2.05, 4.69) is 6.92 Å². The molecule has 0 spiro atoms. The average Bonchev–Trinajstić information content (AvgIpc) is 3.42. The molecule has 0 radical (unpaired) electrons. The number of piperazine rings is 1. The minimum Gasteiger partial charge on any atom is -0.450 e. The Kier molecular flexibility index (Phi) is 6.32. The fraction of sp³-hybridized carbons (Fsp3) is 0.833. The molecule has 0 aromatic heterocycles. The zero-order chi connectivity index (χ0) is 18.7. The molecule has 0 N–H and O–H groups in total. The van der Waals surface area contributed by atoms with E-state index in [1.54, 1.807) is 23.6 Å². The molecule has 26 heavy (non-hydrogen) atoms. The van der Waals surface area contributed by atoms with Crippen LogP contribution in [0.5, 0.6) is 0 Å². The molecule has 1 aliphatic carbocycles. The molecule has 2 unspecified atom stereocenters. The van der Waals surface area contributed by atoms with E-state index in [1.807, 2.05) is 9.80 Å². The number of thioether (sulfide) groups is 1. The number of hydrogen-bond acceptors (Lipinski definition) is 5. The third kappa shape index (κ3) is 4.10. The van der Waals surface area contributed by atoms with Gasteiger partial charge in [-0.1, -0.05) is 13.3 Å². The predicted molar refractivity (Wildman–Crippen MR) is 99.7 cm³/mol. The van der Waals surface area contributed by atoms with Crippen molar-refractivity contribution in [1.82, 2.24) is 14.7 Å². The lowest BCUT2D eigenvalue weighted by molar-refractivity contribution is -0.146. The van der Waals surface area contributed by atoms with Crippen LogP contribution in [0.1, 0.15) is 39.5 Å². The monoisotopic (exact) mass is 383 g/mol. The van der Waals surface area contributed by atoms with Crippen molar-refractivity contribution in [3.05, 3.63) is 0 Å². The largest absolute Gasteiger partial charge is 0.450 e. The average molecular weight is 384 g/mol. The third-order valence-corrected chi connectivity index (χ3v) is 6.57. The summed E-state index contributed by atoms with van der Waals surface area (Å²) < 4.78 is 5.03. The molecule has 0 aromatic rings. The molecule has 3 aliphatic rings. The second kappa shape index (κ2) is 8.50. The van der Waals surface area contributed by atoms with Gasteiger partial charge in [-0.05, 0) is 26.2 Å². The van der Waals surface area contributed by atoms with Gasteiger partial charge in [-0.2, -0.15) is 0 Å². The molecule has 1 saturated carbocycles. The van der Waals surface area contributed by atoms with Gasteiger partial charge in [0.25, 0.3) is 0 Å². The van der Waals surface area contributed by atoms with Crippen LogP contribution >= 0.6 is 11.8 Å². The molecule has 3 rings (SSSR count). The van der Waals surface area contributed by atoms with E-state index in [0.29, 0.717) is 38.5 Å². The van der Waals surface area contributed by atoms with Crippen molar-refractivity contribution in [1.29, 1.82) is 0 Å². The Hall–Kier alpha value is -1.44. The number of hydrogen-bond donors (Lipinski definition) is 0. The second-order valence-electron chi connectivity index (χ2n) is 7.12. The molecule has 2 aliphatic heterocycles. The van der Waals surface area contributed by atoms with Crippen molar-refractivity contribution < 1.29 is 19.1 Å². The van der Waals surface area contributed by atoms with Crippen molar-refractivity contribution in [3.8, 4) is 0 Å². The Bertz CT molecular complexity index is 547. The van der Waals surface area contributed by atoms with Crippen molar-refractivity contribution in [3.63, 3.8) is 0 Å². The van der Waals surface area contributed by atoms with Gasteiger partial charge < -0.3 is 19.4 Å². The van der Waals surface area contributed by atoms with Gasteiger partial charge in [0.1, 0.15) is 6.04 Å². The minimum absolute atomic E-state index is 0.0358. The van der Waals surface area contributed by atoms with Crippen LogP contribution in [-0.2, 0) is 14.3 Å². The topological polar surface area (TPSA) is 70.2 Å². The Morgan fingerprint density at radius 1 is 1.00 bits per heavy atom. The van der Waals surface area contributed by atoms with Gasteiger partial charge in [-0.25, -0.2) is 4.79 Å². The summed E-state index contributed by atoms with van der Waals surface area (Å²) in [6.07, 6.45) is 3.54. The number of ether oxygens (including phenoxy) is 1. The zero-order valence-electron chi connectivity index (χ0n) is 15.7. The predicted octanol–water partition coefficient (Wildman–Crippen LogP) is 1.77. The van der Waals surface area contributed by atoms with Crippen molar-refractivity contribution in [2.45, 2.75) is 50.9 Å². The second-order valence-corrected chi connectivity index (χ2v) is 8.33. The number of carbonyl (C=O) groups is 3. The van der Waals surface area contributed by atoms with Gasteiger partial charge in [0.05, 0.1) is 12.0 Å². The lowest BCUT2D eigenvalue weighted by atomic mass is 10.1. The Balaban J connectivity index is 1.61. The van der Waals surface area contributed by atoms with Crippen LogP contribution in [0.15, 0.2) is 0 Å². The van der Waals surface area contributed by atoms with Gasteiger partial charge in [-0.3, -0.25) is 9.59 Å². The van der Waals surface area contributed by atoms with Gasteiger partial charge in [-0.15, -0.1) is 11.8 Å². The highest BCUT2D eigenvalue weighted by Gasteiger charge is 2.47. The summed E-state index contributed by atoms with van der Waals surface area (Å²) in [5.41, 5.74) is 0.